The Hall–Kier alpha value is -3.59. The number of rotatable bonds is 6. The number of nitrogen functional groups attached to an aromatic ring is 1. The fourth-order valence-electron chi connectivity index (χ4n) is 2.42. The Balaban J connectivity index is 1.71. The Morgan fingerprint density at radius 3 is 2.64 bits per heavy atom. The van der Waals surface area contributed by atoms with E-state index < -0.39 is 5.91 Å². The van der Waals surface area contributed by atoms with Crippen LogP contribution in [-0.4, -0.2) is 33.9 Å². The number of methoxy groups -OCH3 is 1. The van der Waals surface area contributed by atoms with Gasteiger partial charge in [-0.25, -0.2) is 4.68 Å². The number of amides is 2. The summed E-state index contributed by atoms with van der Waals surface area (Å²) in [7, 11) is 1.47. The number of para-hydroxylation sites is 1. The van der Waals surface area contributed by atoms with E-state index in [1.165, 1.54) is 13.2 Å². The van der Waals surface area contributed by atoms with Gasteiger partial charge in [-0.2, -0.15) is 0 Å². The predicted molar refractivity (Wildman–Crippen MR) is 105 cm³/mol. The summed E-state index contributed by atoms with van der Waals surface area (Å²) < 4.78 is 6.32. The second kappa shape index (κ2) is 8.40. The maximum atomic E-state index is 12.5. The molecule has 2 amide bonds. The molecule has 0 unspecified atom stereocenters. The van der Waals surface area contributed by atoms with Gasteiger partial charge < -0.3 is 21.1 Å². The van der Waals surface area contributed by atoms with Gasteiger partial charge in [0, 0.05) is 10.7 Å². The van der Waals surface area contributed by atoms with Gasteiger partial charge in [0.1, 0.15) is 12.3 Å². The van der Waals surface area contributed by atoms with Crippen LogP contribution in [0.3, 0.4) is 0 Å². The highest BCUT2D eigenvalue weighted by Gasteiger charge is 2.20. The van der Waals surface area contributed by atoms with Crippen molar-refractivity contribution >= 4 is 40.6 Å². The lowest BCUT2D eigenvalue weighted by molar-refractivity contribution is -0.116. The highest BCUT2D eigenvalue weighted by Crippen LogP contribution is 2.28. The van der Waals surface area contributed by atoms with E-state index >= 15 is 0 Å². The molecule has 144 valence electrons. The summed E-state index contributed by atoms with van der Waals surface area (Å²) in [5.41, 5.74) is 6.82. The van der Waals surface area contributed by atoms with Crippen molar-refractivity contribution < 1.29 is 14.3 Å². The molecule has 0 atom stereocenters. The van der Waals surface area contributed by atoms with Crippen LogP contribution in [0, 0.1) is 0 Å². The summed E-state index contributed by atoms with van der Waals surface area (Å²) in [6, 6.07) is 13.7. The van der Waals surface area contributed by atoms with Gasteiger partial charge in [0.15, 0.2) is 11.5 Å². The van der Waals surface area contributed by atoms with E-state index in [0.717, 1.165) is 4.68 Å². The molecule has 1 heterocycles. The average molecular weight is 401 g/mol. The first-order valence-corrected chi connectivity index (χ1v) is 8.54. The van der Waals surface area contributed by atoms with Crippen LogP contribution < -0.4 is 21.1 Å². The lowest BCUT2D eigenvalue weighted by atomic mass is 10.2. The van der Waals surface area contributed by atoms with Crippen molar-refractivity contribution in [2.24, 2.45) is 0 Å². The SMILES string of the molecule is COc1ccc(Cl)cc1NC(=O)c1nnn(CC(=O)Nc2ccccc2)c1N. The van der Waals surface area contributed by atoms with Gasteiger partial charge in [-0.3, -0.25) is 9.59 Å². The number of hydrogen-bond acceptors (Lipinski definition) is 6. The van der Waals surface area contributed by atoms with Crippen LogP contribution in [0.5, 0.6) is 5.75 Å². The summed E-state index contributed by atoms with van der Waals surface area (Å²) >= 11 is 5.95. The van der Waals surface area contributed by atoms with Crippen molar-refractivity contribution in [2.75, 3.05) is 23.5 Å². The predicted octanol–water partition coefficient (Wildman–Crippen LogP) is 2.41. The van der Waals surface area contributed by atoms with Crippen molar-refractivity contribution in [3.8, 4) is 5.75 Å². The van der Waals surface area contributed by atoms with Gasteiger partial charge in [-0.15, -0.1) is 5.10 Å². The molecule has 0 saturated heterocycles. The van der Waals surface area contributed by atoms with Gasteiger partial charge in [0.05, 0.1) is 12.8 Å². The van der Waals surface area contributed by atoms with E-state index in [2.05, 4.69) is 20.9 Å². The lowest BCUT2D eigenvalue weighted by Crippen LogP contribution is -2.21. The number of hydrogen-bond donors (Lipinski definition) is 3. The molecule has 0 saturated carbocycles. The molecule has 1 aromatic heterocycles. The summed E-state index contributed by atoms with van der Waals surface area (Å²) in [4.78, 5) is 24.6. The second-order valence-electron chi connectivity index (χ2n) is 5.69. The van der Waals surface area contributed by atoms with Crippen LogP contribution >= 0.6 is 11.6 Å². The first-order chi connectivity index (χ1) is 13.5. The number of halogens is 1. The molecule has 3 rings (SSSR count). The fraction of sp³-hybridized carbons (Fsp3) is 0.111. The van der Waals surface area contributed by atoms with Gasteiger partial charge >= 0.3 is 0 Å². The number of nitrogens with zero attached hydrogens (tertiary/aromatic N) is 3. The van der Waals surface area contributed by atoms with Crippen molar-refractivity contribution in [3.05, 3.63) is 59.2 Å². The molecule has 0 aliphatic heterocycles. The number of carbonyl (C=O) groups is 2. The van der Waals surface area contributed by atoms with Crippen LogP contribution in [0.15, 0.2) is 48.5 Å². The minimum absolute atomic E-state index is 0.0401. The molecule has 4 N–H and O–H groups in total. The normalized spacial score (nSPS) is 10.4. The highest BCUT2D eigenvalue weighted by molar-refractivity contribution is 6.31. The Kier molecular flexibility index (Phi) is 5.75. The monoisotopic (exact) mass is 400 g/mol. The molecule has 0 radical (unpaired) electrons. The van der Waals surface area contributed by atoms with Crippen molar-refractivity contribution in [1.29, 1.82) is 0 Å². The van der Waals surface area contributed by atoms with E-state index in [1.54, 1.807) is 36.4 Å². The van der Waals surface area contributed by atoms with Gasteiger partial charge in [0.25, 0.3) is 5.91 Å². The van der Waals surface area contributed by atoms with E-state index in [1.807, 2.05) is 6.07 Å². The number of carbonyl (C=O) groups excluding carboxylic acids is 2. The van der Waals surface area contributed by atoms with Crippen molar-refractivity contribution in [1.82, 2.24) is 15.0 Å². The van der Waals surface area contributed by atoms with E-state index in [4.69, 9.17) is 22.1 Å². The molecule has 10 heteroatoms. The van der Waals surface area contributed by atoms with Crippen LogP contribution in [-0.2, 0) is 11.3 Å². The highest BCUT2D eigenvalue weighted by atomic mass is 35.5. The quantitative estimate of drug-likeness (QED) is 0.583. The van der Waals surface area contributed by atoms with Gasteiger partial charge in [0.2, 0.25) is 5.91 Å². The molecular weight excluding hydrogens is 384 g/mol. The maximum absolute atomic E-state index is 12.5. The third-order valence-electron chi connectivity index (χ3n) is 3.75. The topological polar surface area (TPSA) is 124 Å². The molecule has 3 aromatic rings. The molecule has 0 aliphatic carbocycles. The molecule has 0 fully saturated rings. The molecular formula is C18H17ClN6O3. The first-order valence-electron chi connectivity index (χ1n) is 8.16. The maximum Gasteiger partial charge on any atom is 0.280 e. The Bertz CT molecular complexity index is 1010. The number of anilines is 3. The van der Waals surface area contributed by atoms with E-state index in [-0.39, 0.29) is 24.0 Å². The Morgan fingerprint density at radius 2 is 1.93 bits per heavy atom. The standard InChI is InChI=1S/C18H17ClN6O3/c1-28-14-8-7-11(19)9-13(14)22-18(27)16-17(20)25(24-23-16)10-15(26)21-12-5-3-2-4-6-12/h2-9H,10,20H2,1H3,(H,21,26)(H,22,27). The number of benzene rings is 2. The molecule has 9 nitrogen and oxygen atoms in total. The Morgan fingerprint density at radius 1 is 1.18 bits per heavy atom. The first kappa shape index (κ1) is 19.2. The number of ether oxygens (including phenoxy) is 1. The zero-order chi connectivity index (χ0) is 20.1. The zero-order valence-electron chi connectivity index (χ0n) is 14.8. The van der Waals surface area contributed by atoms with Crippen LogP contribution in [0.4, 0.5) is 17.2 Å². The summed E-state index contributed by atoms with van der Waals surface area (Å²) in [5, 5.41) is 13.3. The minimum atomic E-state index is -0.604. The van der Waals surface area contributed by atoms with E-state index in [9.17, 15) is 9.59 Å². The van der Waals surface area contributed by atoms with Crippen LogP contribution in [0.25, 0.3) is 0 Å². The minimum Gasteiger partial charge on any atom is -0.495 e. The van der Waals surface area contributed by atoms with Gasteiger partial charge in [-0.1, -0.05) is 35.0 Å². The summed E-state index contributed by atoms with van der Waals surface area (Å²) in [6.45, 7) is -0.193. The summed E-state index contributed by atoms with van der Waals surface area (Å²) in [5.74, 6) is -0.577. The molecule has 2 aromatic carbocycles. The Labute approximate surface area is 165 Å². The smallest absolute Gasteiger partial charge is 0.280 e. The summed E-state index contributed by atoms with van der Waals surface area (Å²) in [6.07, 6.45) is 0. The van der Waals surface area contributed by atoms with E-state index in [0.29, 0.717) is 22.1 Å². The van der Waals surface area contributed by atoms with Crippen molar-refractivity contribution in [2.45, 2.75) is 6.54 Å². The number of nitrogens with two attached hydrogens (primary N) is 1. The lowest BCUT2D eigenvalue weighted by Gasteiger charge is -2.10. The second-order valence-corrected chi connectivity index (χ2v) is 6.13. The molecule has 0 spiro atoms. The zero-order valence-corrected chi connectivity index (χ0v) is 15.6. The average Bonchev–Trinajstić information content (AvgIpc) is 3.03. The van der Waals surface area contributed by atoms with Crippen molar-refractivity contribution in [3.63, 3.8) is 0 Å². The van der Waals surface area contributed by atoms with Crippen LogP contribution in [0.2, 0.25) is 5.02 Å². The van der Waals surface area contributed by atoms with Crippen LogP contribution in [0.1, 0.15) is 10.5 Å². The third-order valence-corrected chi connectivity index (χ3v) is 3.98. The number of aromatic nitrogens is 3. The van der Waals surface area contributed by atoms with Gasteiger partial charge in [-0.05, 0) is 30.3 Å². The molecule has 28 heavy (non-hydrogen) atoms. The number of nitrogens with one attached hydrogen (secondary N) is 2. The fourth-order valence-corrected chi connectivity index (χ4v) is 2.59. The third kappa shape index (κ3) is 4.38. The molecule has 0 bridgehead atoms. The molecule has 0 aliphatic rings. The largest absolute Gasteiger partial charge is 0.495 e.